The molecule has 7 aromatic rings. The molecular weight excluding hydrogens is 583 g/mol. The molecule has 0 aliphatic carbocycles. The molecule has 0 unspecified atom stereocenters. The summed E-state index contributed by atoms with van der Waals surface area (Å²) in [5.74, 6) is 0.515. The van der Waals surface area contributed by atoms with Gasteiger partial charge in [-0.05, 0) is 22.6 Å². The fraction of sp³-hybridized carbons (Fsp3) is 0.0930. The van der Waals surface area contributed by atoms with Crippen LogP contribution in [0.5, 0.6) is 0 Å². The van der Waals surface area contributed by atoms with Crippen molar-refractivity contribution in [3.05, 3.63) is 211 Å². The molecule has 0 saturated carbocycles. The molecule has 47 heavy (non-hydrogen) atoms. The van der Waals surface area contributed by atoms with Crippen LogP contribution < -0.4 is 21.6 Å². The molecule has 0 spiro atoms. The van der Waals surface area contributed by atoms with Gasteiger partial charge in [0.25, 0.3) is 0 Å². The summed E-state index contributed by atoms with van der Waals surface area (Å²) in [4.78, 5) is 4.39. The van der Waals surface area contributed by atoms with E-state index in [0.29, 0.717) is 22.2 Å². The van der Waals surface area contributed by atoms with Crippen LogP contribution in [0.25, 0.3) is 0 Å². The molecule has 1 heterocycles. The SMILES string of the molecule is CC(C)c1cccc([Si]C(c2ccccc2)(c2ccccc2)n2ccnc2)c1.c1ccc(B(c2ccccc2)c2ccccc2)cc1. The third-order valence-electron chi connectivity index (χ3n) is 8.55. The molecule has 0 saturated heterocycles. The molecule has 0 bridgehead atoms. The van der Waals surface area contributed by atoms with Crippen LogP contribution in [0.1, 0.15) is 36.5 Å². The number of nitrogens with zero attached hydrogens (tertiary/aromatic N) is 2. The second-order valence-electron chi connectivity index (χ2n) is 12.0. The molecule has 0 atom stereocenters. The molecule has 228 valence electrons. The quantitative estimate of drug-likeness (QED) is 0.159. The van der Waals surface area contributed by atoms with E-state index in [1.54, 1.807) is 0 Å². The number of rotatable bonds is 9. The summed E-state index contributed by atoms with van der Waals surface area (Å²) in [7, 11) is 0.527. The summed E-state index contributed by atoms with van der Waals surface area (Å²) < 4.78 is 2.26. The number of aromatic nitrogens is 2. The first kappa shape index (κ1) is 31.8. The Bertz CT molecular complexity index is 1780. The predicted octanol–water partition coefficient (Wildman–Crippen LogP) is 6.99. The molecule has 2 nitrogen and oxygen atoms in total. The summed E-state index contributed by atoms with van der Waals surface area (Å²) in [6, 6.07) is 62.6. The average molecular weight is 623 g/mol. The predicted molar refractivity (Wildman–Crippen MR) is 201 cm³/mol. The Kier molecular flexibility index (Phi) is 10.4. The first-order valence-electron chi connectivity index (χ1n) is 16.3. The minimum Gasteiger partial charge on any atom is -0.326 e. The van der Waals surface area contributed by atoms with Crippen LogP contribution in [0, 0.1) is 0 Å². The Morgan fingerprint density at radius 1 is 0.553 bits per heavy atom. The van der Waals surface area contributed by atoms with E-state index < -0.39 is 0 Å². The van der Waals surface area contributed by atoms with Crippen LogP contribution in [0.4, 0.5) is 0 Å². The van der Waals surface area contributed by atoms with Gasteiger partial charge in [-0.2, -0.15) is 0 Å². The summed E-state index contributed by atoms with van der Waals surface area (Å²) >= 11 is 0. The Hall–Kier alpha value is -5.19. The lowest BCUT2D eigenvalue weighted by Gasteiger charge is -2.36. The smallest absolute Gasteiger partial charge is 0.241 e. The Morgan fingerprint density at radius 2 is 1.00 bits per heavy atom. The lowest BCUT2D eigenvalue weighted by atomic mass is 9.37. The summed E-state index contributed by atoms with van der Waals surface area (Å²) in [6.45, 7) is 4.81. The Labute approximate surface area is 282 Å². The molecule has 0 fully saturated rings. The molecule has 2 radical (unpaired) electrons. The van der Waals surface area contributed by atoms with E-state index in [1.807, 2.05) is 12.5 Å². The normalized spacial score (nSPS) is 11.0. The van der Waals surface area contributed by atoms with Crippen LogP contribution in [0.2, 0.25) is 0 Å². The van der Waals surface area contributed by atoms with Gasteiger partial charge >= 0.3 is 0 Å². The lowest BCUT2D eigenvalue weighted by Crippen LogP contribution is -2.51. The third-order valence-corrected chi connectivity index (χ3v) is 10.3. The number of hydrogen-bond acceptors (Lipinski definition) is 1. The maximum atomic E-state index is 4.39. The second kappa shape index (κ2) is 15.4. The van der Waals surface area contributed by atoms with Gasteiger partial charge < -0.3 is 4.57 Å². The summed E-state index contributed by atoms with van der Waals surface area (Å²) in [6.07, 6.45) is 5.90. The van der Waals surface area contributed by atoms with Crippen LogP contribution in [-0.2, 0) is 5.16 Å². The molecule has 6 aromatic carbocycles. The number of benzene rings is 6. The van der Waals surface area contributed by atoms with Gasteiger partial charge in [0.05, 0.1) is 11.5 Å². The highest BCUT2D eigenvalue weighted by Crippen LogP contribution is 2.33. The molecule has 7 rings (SSSR count). The monoisotopic (exact) mass is 622 g/mol. The highest BCUT2D eigenvalue weighted by Gasteiger charge is 2.37. The molecular formula is C43H39BN2Si. The van der Waals surface area contributed by atoms with Crippen molar-refractivity contribution in [3.63, 3.8) is 0 Å². The van der Waals surface area contributed by atoms with Crippen molar-refractivity contribution in [1.29, 1.82) is 0 Å². The van der Waals surface area contributed by atoms with Crippen molar-refractivity contribution in [3.8, 4) is 0 Å². The first-order valence-corrected chi connectivity index (χ1v) is 17.3. The molecule has 0 aliphatic rings. The van der Waals surface area contributed by atoms with Gasteiger partial charge in [0.2, 0.25) is 6.71 Å². The average Bonchev–Trinajstić information content (AvgIpc) is 3.69. The first-order chi connectivity index (χ1) is 23.1. The zero-order valence-electron chi connectivity index (χ0n) is 27.0. The topological polar surface area (TPSA) is 17.8 Å². The second-order valence-corrected chi connectivity index (χ2v) is 13.5. The van der Waals surface area contributed by atoms with Crippen molar-refractivity contribution in [2.75, 3.05) is 0 Å². The minimum atomic E-state index is -0.325. The van der Waals surface area contributed by atoms with Crippen molar-refractivity contribution >= 4 is 37.8 Å². The minimum absolute atomic E-state index is 0.309. The van der Waals surface area contributed by atoms with Crippen LogP contribution >= 0.6 is 0 Å². The van der Waals surface area contributed by atoms with Gasteiger partial charge in [0.15, 0.2) is 0 Å². The standard InChI is InChI=1S/C25H24N2Si.C18H15B/c1-20(2)21-10-9-15-24(18-21)28-25(27-17-16-26-19-27,22-11-5-3-6-12-22)23-13-7-4-8-14-23;1-4-10-16(11-5-1)19(17-12-6-2-7-13-17)18-14-8-3-9-15-18/h3-20H,1-2H3;1-15H. The number of hydrogen-bond donors (Lipinski definition) is 0. The van der Waals surface area contributed by atoms with Gasteiger partial charge in [0.1, 0.15) is 9.52 Å². The van der Waals surface area contributed by atoms with Gasteiger partial charge in [-0.1, -0.05) is 211 Å². The van der Waals surface area contributed by atoms with Gasteiger partial charge in [-0.15, -0.1) is 0 Å². The molecule has 4 heteroatoms. The number of imidazole rings is 1. The van der Waals surface area contributed by atoms with E-state index in [4.69, 9.17) is 0 Å². The van der Waals surface area contributed by atoms with Crippen LogP contribution in [0.15, 0.2) is 195 Å². The Balaban J connectivity index is 0.000000177. The molecule has 0 N–H and O–H groups in total. The lowest BCUT2D eigenvalue weighted by molar-refractivity contribution is 0.596. The Morgan fingerprint density at radius 3 is 1.40 bits per heavy atom. The molecule has 1 aromatic heterocycles. The molecule has 0 aliphatic heterocycles. The van der Waals surface area contributed by atoms with E-state index >= 15 is 0 Å². The van der Waals surface area contributed by atoms with E-state index in [1.165, 1.54) is 38.3 Å². The van der Waals surface area contributed by atoms with Crippen molar-refractivity contribution in [2.24, 2.45) is 0 Å². The van der Waals surface area contributed by atoms with Gasteiger partial charge in [0, 0.05) is 12.4 Å². The van der Waals surface area contributed by atoms with E-state index in [-0.39, 0.29) is 5.16 Å². The third kappa shape index (κ3) is 7.45. The fourth-order valence-corrected chi connectivity index (χ4v) is 7.91. The highest BCUT2D eigenvalue weighted by molar-refractivity contribution is 6.95. The van der Waals surface area contributed by atoms with Crippen molar-refractivity contribution in [2.45, 2.75) is 24.9 Å². The zero-order chi connectivity index (χ0) is 32.3. The van der Waals surface area contributed by atoms with Gasteiger partial charge in [-0.3, -0.25) is 0 Å². The fourth-order valence-electron chi connectivity index (χ4n) is 6.19. The molecule has 0 amide bonds. The zero-order valence-corrected chi connectivity index (χ0v) is 28.0. The van der Waals surface area contributed by atoms with Gasteiger partial charge in [-0.25, -0.2) is 4.98 Å². The van der Waals surface area contributed by atoms with Crippen LogP contribution in [0.3, 0.4) is 0 Å². The highest BCUT2D eigenvalue weighted by atomic mass is 28.2. The maximum Gasteiger partial charge on any atom is 0.241 e. The maximum absolute atomic E-state index is 4.39. The van der Waals surface area contributed by atoms with Crippen molar-refractivity contribution < 1.29 is 0 Å². The summed E-state index contributed by atoms with van der Waals surface area (Å²) in [5.41, 5.74) is 7.92. The summed E-state index contributed by atoms with van der Waals surface area (Å²) in [5, 5.41) is 1.03. The van der Waals surface area contributed by atoms with E-state index in [9.17, 15) is 0 Å². The van der Waals surface area contributed by atoms with Crippen LogP contribution in [-0.4, -0.2) is 25.8 Å². The van der Waals surface area contributed by atoms with E-state index in [0.717, 1.165) is 0 Å². The van der Waals surface area contributed by atoms with Crippen molar-refractivity contribution in [1.82, 2.24) is 9.55 Å². The largest absolute Gasteiger partial charge is 0.326 e. The van der Waals surface area contributed by atoms with E-state index in [2.05, 4.69) is 206 Å².